The van der Waals surface area contributed by atoms with E-state index in [1.54, 1.807) is 0 Å². The number of nitrogens with two attached hydrogens (primary N) is 1. The van der Waals surface area contributed by atoms with Crippen molar-refractivity contribution in [3.05, 3.63) is 0 Å². The Labute approximate surface area is 81.3 Å². The first-order chi connectivity index (χ1) is 6.23. The lowest BCUT2D eigenvalue weighted by Crippen LogP contribution is -2.38. The molecule has 0 bridgehead atoms. The number of hydrogen-bond donors (Lipinski definition) is 3. The van der Waals surface area contributed by atoms with Crippen LogP contribution in [0.15, 0.2) is 0 Å². The lowest BCUT2D eigenvalue weighted by atomic mass is 10.2. The van der Waals surface area contributed by atoms with Crippen LogP contribution < -0.4 is 10.5 Å². The molecule has 7 nitrogen and oxygen atoms in total. The number of carbonyl (C=O) groups excluding carboxylic acids is 1. The number of carboxylic acids is 1. The number of nitrogens with one attached hydrogen (secondary N) is 1. The predicted octanol–water partition coefficient (Wildman–Crippen LogP) is -1.75. The monoisotopic (exact) mass is 224 g/mol. The second kappa shape index (κ2) is 4.91. The van der Waals surface area contributed by atoms with E-state index < -0.39 is 33.7 Å². The summed E-state index contributed by atoms with van der Waals surface area (Å²) in [5.74, 6) is -3.13. The first kappa shape index (κ1) is 12.8. The highest BCUT2D eigenvalue weighted by Crippen LogP contribution is 1.93. The van der Waals surface area contributed by atoms with Crippen LogP contribution in [-0.2, 0) is 19.6 Å². The Balaban J connectivity index is 4.22. The van der Waals surface area contributed by atoms with Crippen LogP contribution in [0.1, 0.15) is 13.3 Å². The van der Waals surface area contributed by atoms with Crippen molar-refractivity contribution in [3.8, 4) is 0 Å². The maximum atomic E-state index is 11.0. The van der Waals surface area contributed by atoms with Gasteiger partial charge in [-0.05, 0) is 6.92 Å². The second-order valence-electron chi connectivity index (χ2n) is 2.84. The van der Waals surface area contributed by atoms with Crippen LogP contribution in [0.3, 0.4) is 0 Å². The second-order valence-corrected chi connectivity index (χ2v) is 4.60. The van der Waals surface area contributed by atoms with Gasteiger partial charge in [0.15, 0.2) is 5.75 Å². The van der Waals surface area contributed by atoms with Gasteiger partial charge in [-0.15, -0.1) is 0 Å². The molecule has 0 rings (SSSR count). The lowest BCUT2D eigenvalue weighted by molar-refractivity contribution is -0.134. The fraction of sp³-hybridized carbons (Fsp3) is 0.667. The molecule has 1 atom stereocenters. The van der Waals surface area contributed by atoms with Gasteiger partial charge in [0.2, 0.25) is 15.9 Å². The summed E-state index contributed by atoms with van der Waals surface area (Å²) >= 11 is 0. The molecular formula is C6H12N2O5S. The highest BCUT2D eigenvalue weighted by atomic mass is 32.2. The number of hydrogen-bond acceptors (Lipinski definition) is 4. The van der Waals surface area contributed by atoms with Crippen molar-refractivity contribution < 1.29 is 23.1 Å². The van der Waals surface area contributed by atoms with Crippen LogP contribution in [0.2, 0.25) is 0 Å². The maximum absolute atomic E-state index is 11.0. The number of sulfonamides is 1. The summed E-state index contributed by atoms with van der Waals surface area (Å²) < 4.78 is 24.0. The standard InChI is InChI=1S/C6H12N2O5S/c1-4(2-5(7)9)8-14(12,13)3-6(10)11/h4,8H,2-3H2,1H3,(H2,7,9)(H,10,11). The van der Waals surface area contributed by atoms with Crippen molar-refractivity contribution in [1.29, 1.82) is 0 Å². The molecule has 1 amide bonds. The number of carbonyl (C=O) groups is 2. The fourth-order valence-electron chi connectivity index (χ4n) is 0.854. The minimum atomic E-state index is -3.88. The maximum Gasteiger partial charge on any atom is 0.320 e. The van der Waals surface area contributed by atoms with Crippen molar-refractivity contribution in [1.82, 2.24) is 4.72 Å². The topological polar surface area (TPSA) is 127 Å². The summed E-state index contributed by atoms with van der Waals surface area (Å²) in [7, 11) is -3.88. The summed E-state index contributed by atoms with van der Waals surface area (Å²) in [6.45, 7) is 1.42. The van der Waals surface area contributed by atoms with Gasteiger partial charge in [0.05, 0.1) is 0 Å². The van der Waals surface area contributed by atoms with E-state index >= 15 is 0 Å². The Hall–Kier alpha value is -1.15. The Morgan fingerprint density at radius 3 is 2.36 bits per heavy atom. The molecule has 0 aliphatic heterocycles. The van der Waals surface area contributed by atoms with Crippen molar-refractivity contribution in [3.63, 3.8) is 0 Å². The summed E-state index contributed by atoms with van der Waals surface area (Å²) in [6, 6.07) is -0.697. The lowest BCUT2D eigenvalue weighted by Gasteiger charge is -2.10. The van der Waals surface area contributed by atoms with E-state index in [4.69, 9.17) is 10.8 Å². The summed E-state index contributed by atoms with van der Waals surface area (Å²) in [4.78, 5) is 20.5. The van der Waals surface area contributed by atoms with E-state index in [0.29, 0.717) is 0 Å². The summed E-state index contributed by atoms with van der Waals surface area (Å²) in [5, 5.41) is 8.23. The minimum Gasteiger partial charge on any atom is -0.480 e. The van der Waals surface area contributed by atoms with Crippen LogP contribution in [0.5, 0.6) is 0 Å². The molecule has 1 unspecified atom stereocenters. The van der Waals surface area contributed by atoms with Gasteiger partial charge in [-0.25, -0.2) is 13.1 Å². The number of aliphatic carboxylic acids is 1. The average Bonchev–Trinajstić information content (AvgIpc) is 1.77. The highest BCUT2D eigenvalue weighted by molar-refractivity contribution is 7.90. The molecule has 0 fully saturated rings. The molecule has 0 aromatic rings. The van der Waals surface area contributed by atoms with Crippen molar-refractivity contribution in [2.24, 2.45) is 5.73 Å². The van der Waals surface area contributed by atoms with Gasteiger partial charge in [-0.1, -0.05) is 0 Å². The molecule has 4 N–H and O–H groups in total. The highest BCUT2D eigenvalue weighted by Gasteiger charge is 2.19. The number of primary amides is 1. The van der Waals surface area contributed by atoms with E-state index in [1.165, 1.54) is 6.92 Å². The molecule has 0 aliphatic carbocycles. The van der Waals surface area contributed by atoms with Gasteiger partial charge in [0.1, 0.15) is 0 Å². The van der Waals surface area contributed by atoms with Gasteiger partial charge in [-0.3, -0.25) is 9.59 Å². The zero-order valence-electron chi connectivity index (χ0n) is 7.56. The first-order valence-electron chi connectivity index (χ1n) is 3.73. The van der Waals surface area contributed by atoms with Crippen molar-refractivity contribution in [2.75, 3.05) is 5.75 Å². The molecule has 0 saturated heterocycles. The Bertz CT molecular complexity index is 323. The molecule has 0 aromatic carbocycles. The molecular weight excluding hydrogens is 212 g/mol. The molecule has 14 heavy (non-hydrogen) atoms. The molecule has 0 heterocycles. The quantitative estimate of drug-likeness (QED) is 0.493. The van der Waals surface area contributed by atoms with Gasteiger partial charge in [0, 0.05) is 12.5 Å². The van der Waals surface area contributed by atoms with E-state index in [9.17, 15) is 18.0 Å². The van der Waals surface area contributed by atoms with E-state index in [0.717, 1.165) is 0 Å². The molecule has 0 aliphatic rings. The number of carboxylic acid groups (broad SMARTS) is 1. The molecule has 0 radical (unpaired) electrons. The van der Waals surface area contributed by atoms with Crippen LogP contribution in [0.4, 0.5) is 0 Å². The van der Waals surface area contributed by atoms with Crippen LogP contribution in [0.25, 0.3) is 0 Å². The fourth-order valence-corrected chi connectivity index (χ4v) is 1.96. The van der Waals surface area contributed by atoms with Gasteiger partial charge in [-0.2, -0.15) is 0 Å². The van der Waals surface area contributed by atoms with Gasteiger partial charge < -0.3 is 10.8 Å². The Kier molecular flexibility index (Phi) is 4.51. The normalized spacial score (nSPS) is 13.5. The molecule has 82 valence electrons. The molecule has 8 heteroatoms. The Morgan fingerprint density at radius 1 is 1.50 bits per heavy atom. The van der Waals surface area contributed by atoms with Gasteiger partial charge >= 0.3 is 5.97 Å². The largest absolute Gasteiger partial charge is 0.480 e. The van der Waals surface area contributed by atoms with Crippen LogP contribution in [-0.4, -0.2) is 37.2 Å². The van der Waals surface area contributed by atoms with Crippen LogP contribution >= 0.6 is 0 Å². The third-order valence-electron chi connectivity index (χ3n) is 1.20. The predicted molar refractivity (Wildman–Crippen MR) is 47.8 cm³/mol. The minimum absolute atomic E-state index is 0.168. The first-order valence-corrected chi connectivity index (χ1v) is 5.38. The zero-order chi connectivity index (χ0) is 11.4. The van der Waals surface area contributed by atoms with E-state index in [2.05, 4.69) is 0 Å². The molecule has 0 aromatic heterocycles. The van der Waals surface area contributed by atoms with E-state index in [-0.39, 0.29) is 6.42 Å². The molecule has 0 spiro atoms. The third-order valence-corrected chi connectivity index (χ3v) is 2.59. The van der Waals surface area contributed by atoms with Crippen LogP contribution in [0, 0.1) is 0 Å². The van der Waals surface area contributed by atoms with Crippen molar-refractivity contribution >= 4 is 21.9 Å². The summed E-state index contributed by atoms with van der Waals surface area (Å²) in [6.07, 6.45) is -0.168. The number of amides is 1. The third kappa shape index (κ3) is 6.38. The van der Waals surface area contributed by atoms with Crippen molar-refractivity contribution in [2.45, 2.75) is 19.4 Å². The number of rotatable bonds is 6. The summed E-state index contributed by atoms with van der Waals surface area (Å²) in [5.41, 5.74) is 4.82. The SMILES string of the molecule is CC(CC(N)=O)NS(=O)(=O)CC(=O)O. The average molecular weight is 224 g/mol. The molecule has 0 saturated carbocycles. The zero-order valence-corrected chi connectivity index (χ0v) is 8.37. The smallest absolute Gasteiger partial charge is 0.320 e. The van der Waals surface area contributed by atoms with Gasteiger partial charge in [0.25, 0.3) is 0 Å². The van der Waals surface area contributed by atoms with E-state index in [1.807, 2.05) is 4.72 Å². The Morgan fingerprint density at radius 2 is 2.00 bits per heavy atom.